The summed E-state index contributed by atoms with van der Waals surface area (Å²) in [5, 5.41) is 0.375. The van der Waals surface area contributed by atoms with Crippen molar-refractivity contribution < 1.29 is 14.3 Å². The lowest BCUT2D eigenvalue weighted by atomic mass is 10.1. The lowest BCUT2D eigenvalue weighted by Crippen LogP contribution is -1.96. The third-order valence-electron chi connectivity index (χ3n) is 1.85. The molecule has 0 saturated carbocycles. The first-order valence-corrected chi connectivity index (χ1v) is 4.40. The molecular formula is C10H11ClO3. The van der Waals surface area contributed by atoms with Gasteiger partial charge in [0.2, 0.25) is 0 Å². The van der Waals surface area contributed by atoms with Gasteiger partial charge in [-0.2, -0.15) is 0 Å². The number of rotatable bonds is 3. The molecule has 0 saturated heterocycles. The van der Waals surface area contributed by atoms with Gasteiger partial charge in [-0.15, -0.1) is 0 Å². The molecule has 0 heterocycles. The van der Waals surface area contributed by atoms with Crippen LogP contribution in [0.1, 0.15) is 17.3 Å². The second kappa shape index (κ2) is 4.33. The lowest BCUT2D eigenvalue weighted by molar-refractivity contribution is 0.101. The molecule has 1 aromatic carbocycles. The average Bonchev–Trinajstić information content (AvgIpc) is 2.17. The monoisotopic (exact) mass is 214 g/mol. The summed E-state index contributed by atoms with van der Waals surface area (Å²) in [6.07, 6.45) is 0. The van der Waals surface area contributed by atoms with Crippen LogP contribution in [0.3, 0.4) is 0 Å². The van der Waals surface area contributed by atoms with Crippen LogP contribution in [0.25, 0.3) is 0 Å². The molecule has 0 aliphatic carbocycles. The molecule has 14 heavy (non-hydrogen) atoms. The summed E-state index contributed by atoms with van der Waals surface area (Å²) in [5.41, 5.74) is 0.517. The van der Waals surface area contributed by atoms with Gasteiger partial charge in [0.15, 0.2) is 5.78 Å². The van der Waals surface area contributed by atoms with Crippen molar-refractivity contribution in [1.29, 1.82) is 0 Å². The number of halogens is 1. The Hall–Kier alpha value is -1.22. The number of ketones is 1. The zero-order valence-corrected chi connectivity index (χ0v) is 9.01. The fourth-order valence-electron chi connectivity index (χ4n) is 1.07. The summed E-state index contributed by atoms with van der Waals surface area (Å²) in [5.74, 6) is 0.825. The molecule has 1 rings (SSSR count). The normalized spacial score (nSPS) is 9.71. The fourth-order valence-corrected chi connectivity index (χ4v) is 1.34. The number of hydrogen-bond donors (Lipinski definition) is 0. The van der Waals surface area contributed by atoms with Crippen LogP contribution < -0.4 is 9.47 Å². The predicted octanol–water partition coefficient (Wildman–Crippen LogP) is 2.56. The van der Waals surface area contributed by atoms with Crippen molar-refractivity contribution >= 4 is 17.4 Å². The smallest absolute Gasteiger partial charge is 0.160 e. The molecule has 0 aromatic heterocycles. The van der Waals surface area contributed by atoms with E-state index in [0.717, 1.165) is 0 Å². The van der Waals surface area contributed by atoms with Crippen LogP contribution in [0.4, 0.5) is 0 Å². The Bertz CT molecular complexity index is 335. The van der Waals surface area contributed by atoms with Gasteiger partial charge in [-0.25, -0.2) is 0 Å². The van der Waals surface area contributed by atoms with Crippen LogP contribution in [0.5, 0.6) is 11.5 Å². The molecule has 1 aromatic rings. The number of carbonyl (C=O) groups excluding carboxylic acids is 1. The van der Waals surface area contributed by atoms with Crippen molar-refractivity contribution in [2.75, 3.05) is 14.2 Å². The van der Waals surface area contributed by atoms with Gasteiger partial charge in [0, 0.05) is 5.56 Å². The molecule has 4 heteroatoms. The Morgan fingerprint density at radius 3 is 1.93 bits per heavy atom. The standard InChI is InChI=1S/C10H11ClO3/c1-6(12)7-4-8(13-2)10(11)9(5-7)14-3/h4-5H,1-3H3. The third kappa shape index (κ3) is 1.99. The lowest BCUT2D eigenvalue weighted by Gasteiger charge is -2.09. The first kappa shape index (κ1) is 10.9. The maximum Gasteiger partial charge on any atom is 0.160 e. The van der Waals surface area contributed by atoms with E-state index < -0.39 is 0 Å². The van der Waals surface area contributed by atoms with Crippen LogP contribution >= 0.6 is 11.6 Å². The summed E-state index contributed by atoms with van der Waals surface area (Å²) in [7, 11) is 2.98. The van der Waals surface area contributed by atoms with Crippen LogP contribution in [0.15, 0.2) is 12.1 Å². The zero-order valence-electron chi connectivity index (χ0n) is 8.26. The number of ether oxygens (including phenoxy) is 2. The molecule has 0 atom stereocenters. The zero-order chi connectivity index (χ0) is 10.7. The molecule has 0 bridgehead atoms. The van der Waals surface area contributed by atoms with Crippen molar-refractivity contribution in [3.63, 3.8) is 0 Å². The summed E-state index contributed by atoms with van der Waals surface area (Å²) in [4.78, 5) is 11.1. The number of Topliss-reactive ketones (excluding diaryl/α,β-unsaturated/α-hetero) is 1. The summed E-state index contributed by atoms with van der Waals surface area (Å²) < 4.78 is 10.0. The van der Waals surface area contributed by atoms with Gasteiger partial charge in [0.05, 0.1) is 14.2 Å². The molecule has 76 valence electrons. The molecule has 0 radical (unpaired) electrons. The van der Waals surface area contributed by atoms with Crippen LogP contribution in [0.2, 0.25) is 5.02 Å². The molecule has 0 aliphatic rings. The second-order valence-corrected chi connectivity index (χ2v) is 3.13. The van der Waals surface area contributed by atoms with Gasteiger partial charge in [-0.05, 0) is 19.1 Å². The van der Waals surface area contributed by atoms with Crippen LogP contribution in [-0.4, -0.2) is 20.0 Å². The highest BCUT2D eigenvalue weighted by Crippen LogP contribution is 2.35. The second-order valence-electron chi connectivity index (χ2n) is 2.75. The molecule has 0 fully saturated rings. The highest BCUT2D eigenvalue weighted by molar-refractivity contribution is 6.33. The maximum atomic E-state index is 11.1. The van der Waals surface area contributed by atoms with E-state index >= 15 is 0 Å². The minimum Gasteiger partial charge on any atom is -0.495 e. The van der Waals surface area contributed by atoms with Crippen LogP contribution in [0, 0.1) is 0 Å². The van der Waals surface area contributed by atoms with Crippen molar-refractivity contribution in [2.24, 2.45) is 0 Å². The number of benzene rings is 1. The Kier molecular flexibility index (Phi) is 3.36. The van der Waals surface area contributed by atoms with Gasteiger partial charge in [0.25, 0.3) is 0 Å². The Balaban J connectivity index is 3.32. The predicted molar refractivity (Wildman–Crippen MR) is 54.6 cm³/mol. The molecular weight excluding hydrogens is 204 g/mol. The van der Waals surface area contributed by atoms with Crippen molar-refractivity contribution in [2.45, 2.75) is 6.92 Å². The molecule has 0 N–H and O–H groups in total. The minimum atomic E-state index is -0.0572. The maximum absolute atomic E-state index is 11.1. The number of hydrogen-bond acceptors (Lipinski definition) is 3. The van der Waals surface area contributed by atoms with Crippen molar-refractivity contribution in [3.8, 4) is 11.5 Å². The van der Waals surface area contributed by atoms with E-state index in [1.54, 1.807) is 12.1 Å². The van der Waals surface area contributed by atoms with E-state index in [1.165, 1.54) is 21.1 Å². The van der Waals surface area contributed by atoms with Crippen molar-refractivity contribution in [1.82, 2.24) is 0 Å². The quantitative estimate of drug-likeness (QED) is 0.726. The SMILES string of the molecule is COc1cc(C(C)=O)cc(OC)c1Cl. The highest BCUT2D eigenvalue weighted by Gasteiger charge is 2.11. The number of carbonyl (C=O) groups is 1. The Morgan fingerprint density at radius 1 is 1.21 bits per heavy atom. The molecule has 0 aliphatic heterocycles. The van der Waals surface area contributed by atoms with Crippen molar-refractivity contribution in [3.05, 3.63) is 22.7 Å². The summed E-state index contributed by atoms with van der Waals surface area (Å²) >= 11 is 5.92. The number of methoxy groups -OCH3 is 2. The Morgan fingerprint density at radius 2 is 1.64 bits per heavy atom. The van der Waals surface area contributed by atoms with E-state index in [1.807, 2.05) is 0 Å². The molecule has 0 amide bonds. The first-order valence-electron chi connectivity index (χ1n) is 4.02. The van der Waals surface area contributed by atoms with E-state index in [9.17, 15) is 4.79 Å². The van der Waals surface area contributed by atoms with Crippen LogP contribution in [-0.2, 0) is 0 Å². The summed E-state index contributed by atoms with van der Waals surface area (Å²) in [6.45, 7) is 1.47. The topological polar surface area (TPSA) is 35.5 Å². The van der Waals surface area contributed by atoms with E-state index in [2.05, 4.69) is 0 Å². The van der Waals surface area contributed by atoms with E-state index in [0.29, 0.717) is 22.1 Å². The van der Waals surface area contributed by atoms with Gasteiger partial charge in [0.1, 0.15) is 16.5 Å². The van der Waals surface area contributed by atoms with Gasteiger partial charge in [-0.3, -0.25) is 4.79 Å². The minimum absolute atomic E-state index is 0.0572. The fraction of sp³-hybridized carbons (Fsp3) is 0.300. The van der Waals surface area contributed by atoms with Gasteiger partial charge in [-0.1, -0.05) is 11.6 Å². The largest absolute Gasteiger partial charge is 0.495 e. The van der Waals surface area contributed by atoms with Gasteiger partial charge >= 0.3 is 0 Å². The van der Waals surface area contributed by atoms with E-state index in [-0.39, 0.29) is 5.78 Å². The highest BCUT2D eigenvalue weighted by atomic mass is 35.5. The molecule has 0 spiro atoms. The summed E-state index contributed by atoms with van der Waals surface area (Å²) in [6, 6.07) is 3.18. The molecule has 3 nitrogen and oxygen atoms in total. The first-order chi connectivity index (χ1) is 6.60. The Labute approximate surface area is 87.6 Å². The average molecular weight is 215 g/mol. The molecule has 0 unspecified atom stereocenters. The van der Waals surface area contributed by atoms with E-state index in [4.69, 9.17) is 21.1 Å². The van der Waals surface area contributed by atoms with Gasteiger partial charge < -0.3 is 9.47 Å². The third-order valence-corrected chi connectivity index (χ3v) is 2.22.